The quantitative estimate of drug-likeness (QED) is 0.0966. The van der Waals surface area contributed by atoms with Crippen molar-refractivity contribution in [2.75, 3.05) is 21.3 Å². The Kier molecular flexibility index (Phi) is 11.8. The highest BCUT2D eigenvalue weighted by Gasteiger charge is 2.49. The largest absolute Gasteiger partial charge is 0.534 e. The first-order valence-electron chi connectivity index (χ1n) is 16.2. The molecule has 3 aromatic rings. The number of hydrogen-bond acceptors (Lipinski definition) is 8. The van der Waals surface area contributed by atoms with Gasteiger partial charge in [-0.15, -0.1) is 0 Å². The van der Waals surface area contributed by atoms with Crippen LogP contribution >= 0.6 is 0 Å². The Morgan fingerprint density at radius 3 is 1.62 bits per heavy atom. The summed E-state index contributed by atoms with van der Waals surface area (Å²) in [5.74, 6) is -4.89. The molecule has 0 aliphatic heterocycles. The predicted molar refractivity (Wildman–Crippen MR) is 185 cm³/mol. The number of carbonyl (C=O) groups excluding carboxylic acids is 2. The molecule has 0 saturated carbocycles. The van der Waals surface area contributed by atoms with Crippen LogP contribution < -0.4 is 8.92 Å². The van der Waals surface area contributed by atoms with Crippen molar-refractivity contribution >= 4 is 33.2 Å². The molecule has 2 aliphatic rings. The van der Waals surface area contributed by atoms with E-state index in [0.717, 1.165) is 37.7 Å². The molecule has 0 heterocycles. The molecule has 5 rings (SSSR count). The van der Waals surface area contributed by atoms with E-state index in [1.54, 1.807) is 26.0 Å². The molecule has 0 unspecified atom stereocenters. The maximum Gasteiger partial charge on any atom is 0.534 e. The maximum absolute atomic E-state index is 15.2. The monoisotopic (exact) mass is 768 g/mol. The maximum atomic E-state index is 15.2. The zero-order valence-electron chi connectivity index (χ0n) is 30.0. The van der Waals surface area contributed by atoms with E-state index < -0.39 is 56.2 Å². The molecule has 0 amide bonds. The predicted octanol–water partition coefficient (Wildman–Crippen LogP) is 9.67. The Morgan fingerprint density at radius 2 is 1.17 bits per heavy atom. The number of alkyl halides is 3. The van der Waals surface area contributed by atoms with Crippen molar-refractivity contribution in [2.24, 2.45) is 10.8 Å². The van der Waals surface area contributed by atoms with Gasteiger partial charge in [0.15, 0.2) is 11.6 Å². The highest BCUT2D eigenvalue weighted by molar-refractivity contribution is 7.88. The highest BCUT2D eigenvalue weighted by Crippen LogP contribution is 2.49. The summed E-state index contributed by atoms with van der Waals surface area (Å²) in [4.78, 5) is 23.7. The van der Waals surface area contributed by atoms with E-state index >= 15 is 4.39 Å². The fraction of sp³-hybridized carbons (Fsp3) is 0.368. The van der Waals surface area contributed by atoms with Gasteiger partial charge in [0.1, 0.15) is 17.4 Å². The average molecular weight is 769 g/mol. The lowest BCUT2D eigenvalue weighted by molar-refractivity contribution is -0.0501. The number of methoxy groups -OCH3 is 3. The molecule has 0 bridgehead atoms. The van der Waals surface area contributed by atoms with E-state index in [2.05, 4.69) is 22.8 Å². The van der Waals surface area contributed by atoms with Crippen LogP contribution in [0.1, 0.15) is 85.2 Å². The van der Waals surface area contributed by atoms with Gasteiger partial charge < -0.3 is 18.4 Å². The van der Waals surface area contributed by atoms with E-state index in [-0.39, 0.29) is 33.2 Å². The molecule has 0 saturated heterocycles. The molecule has 8 nitrogen and oxygen atoms in total. The van der Waals surface area contributed by atoms with E-state index in [0.29, 0.717) is 35.8 Å². The number of halogens is 6. The van der Waals surface area contributed by atoms with Crippen molar-refractivity contribution in [2.45, 2.75) is 58.9 Å². The van der Waals surface area contributed by atoms with Gasteiger partial charge in [-0.25, -0.2) is 22.8 Å². The molecule has 0 atom stereocenters. The van der Waals surface area contributed by atoms with Gasteiger partial charge in [-0.1, -0.05) is 39.8 Å². The zero-order chi connectivity index (χ0) is 39.7. The van der Waals surface area contributed by atoms with Crippen LogP contribution in [0.3, 0.4) is 0 Å². The number of allylic oxidation sites excluding steroid dienone is 4. The standard InChI is InChI=1S/C22H22F2O3.C16H16F4O5S/c1-22(2)9-5-6-17(22)15-10-13(21(25)27-4)11-19(24)20(15)16-12-14(26-3)7-8-18(16)23;1-15(2)6-4-5-11(15)10-7-9(14(21)24-3)8-12(17)13(10)25-26(22,23)16(18,19)20/h6-8,10-12H,5,9H2,1-4H3;5,7-8H,4,6H2,1-3H3. The van der Waals surface area contributed by atoms with Gasteiger partial charge in [0.2, 0.25) is 0 Å². The summed E-state index contributed by atoms with van der Waals surface area (Å²) in [7, 11) is -2.32. The molecule has 53 heavy (non-hydrogen) atoms. The number of carbonyl (C=O) groups is 2. The Bertz CT molecular complexity index is 2100. The molecule has 15 heteroatoms. The number of rotatable bonds is 8. The average Bonchev–Trinajstić information content (AvgIpc) is 3.63. The highest BCUT2D eigenvalue weighted by atomic mass is 32.2. The summed E-state index contributed by atoms with van der Waals surface area (Å²) >= 11 is 0. The summed E-state index contributed by atoms with van der Waals surface area (Å²) in [6.07, 6.45) is 6.56. The third kappa shape index (κ3) is 8.55. The lowest BCUT2D eigenvalue weighted by Gasteiger charge is -2.25. The molecule has 3 aromatic carbocycles. The molecular formula is C38H38F6O8S. The van der Waals surface area contributed by atoms with Crippen molar-refractivity contribution in [1.29, 1.82) is 0 Å². The number of esters is 2. The minimum atomic E-state index is -6.08. The van der Waals surface area contributed by atoms with Crippen LogP contribution in [-0.2, 0) is 19.6 Å². The fourth-order valence-corrected chi connectivity index (χ4v) is 6.83. The summed E-state index contributed by atoms with van der Waals surface area (Å²) in [5, 5.41) is 0. The second-order valence-corrected chi connectivity index (χ2v) is 15.1. The minimum Gasteiger partial charge on any atom is -0.497 e. The van der Waals surface area contributed by atoms with Crippen molar-refractivity contribution in [3.63, 3.8) is 0 Å². The third-order valence-corrected chi connectivity index (χ3v) is 10.1. The Morgan fingerprint density at radius 1 is 0.679 bits per heavy atom. The number of ether oxygens (including phenoxy) is 3. The Hall–Kier alpha value is -4.79. The number of benzene rings is 3. The van der Waals surface area contributed by atoms with Crippen molar-refractivity contribution < 1.29 is 62.7 Å². The summed E-state index contributed by atoms with van der Waals surface area (Å²) < 4.78 is 123. The molecule has 0 N–H and O–H groups in total. The van der Waals surface area contributed by atoms with Crippen molar-refractivity contribution in [3.8, 4) is 22.6 Å². The second-order valence-electron chi connectivity index (χ2n) is 13.6. The first-order valence-corrected chi connectivity index (χ1v) is 17.6. The molecular weight excluding hydrogens is 730 g/mol. The van der Waals surface area contributed by atoms with E-state index in [1.165, 1.54) is 32.4 Å². The summed E-state index contributed by atoms with van der Waals surface area (Å²) in [6.45, 7) is 7.63. The zero-order valence-corrected chi connectivity index (χ0v) is 30.8. The molecule has 0 spiro atoms. The van der Waals surface area contributed by atoms with E-state index in [9.17, 15) is 40.0 Å². The topological polar surface area (TPSA) is 105 Å². The van der Waals surface area contributed by atoms with Gasteiger partial charge in [-0.3, -0.25) is 0 Å². The molecule has 0 radical (unpaired) electrons. The minimum absolute atomic E-state index is 0.0978. The summed E-state index contributed by atoms with van der Waals surface area (Å²) in [6, 6.07) is 8.51. The van der Waals surface area contributed by atoms with Crippen LogP contribution in [0.25, 0.3) is 22.3 Å². The first-order chi connectivity index (χ1) is 24.6. The summed E-state index contributed by atoms with van der Waals surface area (Å²) in [5.41, 5.74) is -4.93. The van der Waals surface area contributed by atoms with Crippen molar-refractivity contribution in [3.05, 3.63) is 94.3 Å². The fourth-order valence-electron chi connectivity index (χ4n) is 6.35. The first kappa shape index (κ1) is 41.0. The van der Waals surface area contributed by atoms with Gasteiger partial charge >= 0.3 is 27.6 Å². The lowest BCUT2D eigenvalue weighted by Crippen LogP contribution is -2.29. The Labute approximate surface area is 303 Å². The van der Waals surface area contributed by atoms with Crippen LogP contribution in [0.5, 0.6) is 11.5 Å². The lowest BCUT2D eigenvalue weighted by atomic mass is 9.79. The molecule has 0 fully saturated rings. The van der Waals surface area contributed by atoms with Crippen LogP contribution in [0.4, 0.5) is 26.3 Å². The van der Waals surface area contributed by atoms with Crippen LogP contribution in [0.15, 0.2) is 54.6 Å². The van der Waals surface area contributed by atoms with Gasteiger partial charge in [0.05, 0.1) is 32.5 Å². The molecule has 0 aromatic heterocycles. The van der Waals surface area contributed by atoms with Gasteiger partial charge in [0.25, 0.3) is 0 Å². The van der Waals surface area contributed by atoms with Gasteiger partial charge in [-0.05, 0) is 95.7 Å². The van der Waals surface area contributed by atoms with Gasteiger partial charge in [-0.2, -0.15) is 21.6 Å². The second kappa shape index (κ2) is 15.3. The van der Waals surface area contributed by atoms with Gasteiger partial charge in [0, 0.05) is 16.7 Å². The number of hydrogen-bond donors (Lipinski definition) is 0. The van der Waals surface area contributed by atoms with Crippen molar-refractivity contribution in [1.82, 2.24) is 0 Å². The molecule has 2 aliphatic carbocycles. The normalized spacial score (nSPS) is 16.2. The van der Waals surface area contributed by atoms with Crippen LogP contribution in [0.2, 0.25) is 0 Å². The van der Waals surface area contributed by atoms with E-state index in [4.69, 9.17) is 9.47 Å². The van der Waals surface area contributed by atoms with Crippen LogP contribution in [-0.4, -0.2) is 47.2 Å². The Balaban J connectivity index is 0.000000237. The van der Waals surface area contributed by atoms with E-state index in [1.807, 2.05) is 6.08 Å². The smallest absolute Gasteiger partial charge is 0.497 e. The van der Waals surface area contributed by atoms with Crippen LogP contribution in [0, 0.1) is 28.3 Å². The SMILES string of the molecule is COC(=O)c1cc(F)c(-c2cc(OC)ccc2F)c(C2=CCCC2(C)C)c1.COC(=O)c1cc(F)c(OS(=O)(=O)C(F)(F)F)c(C2=CCCC2(C)C)c1. The molecule has 286 valence electrons. The third-order valence-electron chi connectivity index (χ3n) is 9.17.